The minimum Gasteiger partial charge on any atom is -0.330 e. The quantitative estimate of drug-likeness (QED) is 0.647. The predicted octanol–water partition coefficient (Wildman–Crippen LogP) is -0.846. The van der Waals surface area contributed by atoms with Gasteiger partial charge in [0.1, 0.15) is 6.33 Å². The Bertz CT molecular complexity index is 392. The van der Waals surface area contributed by atoms with E-state index in [-0.39, 0.29) is 12.6 Å². The van der Waals surface area contributed by atoms with Gasteiger partial charge >= 0.3 is 6.03 Å². The number of carbonyl (C=O) groups is 1. The van der Waals surface area contributed by atoms with Crippen LogP contribution in [0.15, 0.2) is 18.7 Å². The van der Waals surface area contributed by atoms with Crippen LogP contribution in [0, 0.1) is 0 Å². The maximum Gasteiger partial charge on any atom is 0.327 e. The summed E-state index contributed by atoms with van der Waals surface area (Å²) in [4.78, 5) is 15.1. The highest BCUT2D eigenvalue weighted by molar-refractivity contribution is 5.76. The normalized spacial score (nSPS) is 10.0. The van der Waals surface area contributed by atoms with Gasteiger partial charge in [0.25, 0.3) is 0 Å². The number of imidazole rings is 1. The Morgan fingerprint density at radius 1 is 1.64 bits per heavy atom. The van der Waals surface area contributed by atoms with Crippen LogP contribution >= 0.6 is 0 Å². The zero-order valence-electron chi connectivity index (χ0n) is 7.08. The lowest BCUT2D eigenvalue weighted by Crippen LogP contribution is -2.27. The van der Waals surface area contributed by atoms with Crippen LogP contribution in [0.2, 0.25) is 0 Å². The van der Waals surface area contributed by atoms with Crippen molar-refractivity contribution in [2.24, 2.45) is 0 Å². The highest BCUT2D eigenvalue weighted by atomic mass is 16.2. The van der Waals surface area contributed by atoms with Crippen molar-refractivity contribution in [1.82, 2.24) is 35.5 Å². The Morgan fingerprint density at radius 2 is 2.57 bits per heavy atom. The van der Waals surface area contributed by atoms with Crippen molar-refractivity contribution in [2.45, 2.75) is 6.54 Å². The first kappa shape index (κ1) is 8.35. The van der Waals surface area contributed by atoms with E-state index < -0.39 is 0 Å². The molecule has 0 bridgehead atoms. The molecule has 0 saturated carbocycles. The number of aromatic amines is 1. The molecule has 0 aliphatic carbocycles. The van der Waals surface area contributed by atoms with Crippen molar-refractivity contribution in [1.29, 1.82) is 0 Å². The Kier molecular flexibility index (Phi) is 2.17. The summed E-state index contributed by atoms with van der Waals surface area (Å²) in [5, 5.41) is 15.6. The van der Waals surface area contributed by atoms with Gasteiger partial charge in [-0.1, -0.05) is 5.21 Å². The van der Waals surface area contributed by atoms with Crippen LogP contribution in [0.25, 0.3) is 0 Å². The third-order valence-electron chi connectivity index (χ3n) is 1.53. The summed E-state index contributed by atoms with van der Waals surface area (Å²) in [6, 6.07) is -0.285. The molecule has 0 spiro atoms. The number of nitrogens with zero attached hydrogens (tertiary/aromatic N) is 5. The van der Waals surface area contributed by atoms with E-state index in [0.717, 1.165) is 0 Å². The molecule has 0 atom stereocenters. The largest absolute Gasteiger partial charge is 0.330 e. The summed E-state index contributed by atoms with van der Waals surface area (Å²) in [6.07, 6.45) is 4.48. The van der Waals surface area contributed by atoms with Crippen molar-refractivity contribution in [3.63, 3.8) is 0 Å². The fourth-order valence-electron chi connectivity index (χ4n) is 0.883. The van der Waals surface area contributed by atoms with Gasteiger partial charge in [-0.15, -0.1) is 10.2 Å². The molecule has 14 heavy (non-hydrogen) atoms. The SMILES string of the molecule is O=C(NCc1nn[nH]n1)n1ccnc1. The van der Waals surface area contributed by atoms with Crippen LogP contribution in [0.1, 0.15) is 5.82 Å². The average Bonchev–Trinajstić information content (AvgIpc) is 2.87. The summed E-state index contributed by atoms with van der Waals surface area (Å²) in [6.45, 7) is 0.230. The highest BCUT2D eigenvalue weighted by Gasteiger charge is 2.04. The molecule has 0 unspecified atom stereocenters. The first-order valence-electron chi connectivity index (χ1n) is 3.85. The van der Waals surface area contributed by atoms with Crippen LogP contribution in [0.4, 0.5) is 4.79 Å². The molecule has 8 heteroatoms. The van der Waals surface area contributed by atoms with Gasteiger partial charge in [-0.2, -0.15) is 5.21 Å². The highest BCUT2D eigenvalue weighted by Crippen LogP contribution is 1.87. The maximum atomic E-state index is 11.3. The van der Waals surface area contributed by atoms with E-state index in [9.17, 15) is 4.79 Å². The van der Waals surface area contributed by atoms with E-state index in [2.05, 4.69) is 30.9 Å². The molecule has 2 aromatic heterocycles. The number of nitrogens with one attached hydrogen (secondary N) is 2. The molecule has 2 heterocycles. The van der Waals surface area contributed by atoms with Gasteiger partial charge in [0.05, 0.1) is 6.54 Å². The molecule has 0 aromatic carbocycles. The molecule has 0 radical (unpaired) electrons. The van der Waals surface area contributed by atoms with Crippen LogP contribution in [-0.2, 0) is 6.54 Å². The van der Waals surface area contributed by atoms with Crippen molar-refractivity contribution >= 4 is 6.03 Å². The summed E-state index contributed by atoms with van der Waals surface area (Å²) < 4.78 is 1.32. The molecule has 8 nitrogen and oxygen atoms in total. The number of carbonyl (C=O) groups excluding carboxylic acids is 1. The van der Waals surface area contributed by atoms with Crippen LogP contribution in [0.5, 0.6) is 0 Å². The minimum absolute atomic E-state index is 0.230. The Labute approximate surface area is 78.3 Å². The summed E-state index contributed by atoms with van der Waals surface area (Å²) in [7, 11) is 0. The number of hydrogen-bond donors (Lipinski definition) is 2. The number of H-pyrrole nitrogens is 1. The Balaban J connectivity index is 1.90. The summed E-state index contributed by atoms with van der Waals surface area (Å²) in [5.41, 5.74) is 0. The van der Waals surface area contributed by atoms with Gasteiger partial charge in [0.2, 0.25) is 0 Å². The number of rotatable bonds is 2. The first-order valence-corrected chi connectivity index (χ1v) is 3.85. The molecule has 2 rings (SSSR count). The van der Waals surface area contributed by atoms with E-state index in [1.807, 2.05) is 0 Å². The first-order chi connectivity index (χ1) is 6.86. The third-order valence-corrected chi connectivity index (χ3v) is 1.53. The minimum atomic E-state index is -0.285. The number of tetrazole rings is 1. The van der Waals surface area contributed by atoms with Crippen molar-refractivity contribution < 1.29 is 4.79 Å². The zero-order chi connectivity index (χ0) is 9.80. The van der Waals surface area contributed by atoms with Gasteiger partial charge in [-0.3, -0.25) is 4.57 Å². The lowest BCUT2D eigenvalue weighted by atomic mass is 10.6. The fraction of sp³-hybridized carbons (Fsp3) is 0.167. The topological polar surface area (TPSA) is 101 Å². The van der Waals surface area contributed by atoms with E-state index >= 15 is 0 Å². The van der Waals surface area contributed by atoms with Crippen molar-refractivity contribution in [2.75, 3.05) is 0 Å². The van der Waals surface area contributed by atoms with Crippen molar-refractivity contribution in [3.8, 4) is 0 Å². The van der Waals surface area contributed by atoms with Crippen LogP contribution in [0.3, 0.4) is 0 Å². The molecule has 0 fully saturated rings. The van der Waals surface area contributed by atoms with Crippen molar-refractivity contribution in [3.05, 3.63) is 24.5 Å². The second-order valence-corrected chi connectivity index (χ2v) is 2.46. The Morgan fingerprint density at radius 3 is 3.21 bits per heavy atom. The fourth-order valence-corrected chi connectivity index (χ4v) is 0.883. The van der Waals surface area contributed by atoms with Gasteiger partial charge in [-0.05, 0) is 0 Å². The monoisotopic (exact) mass is 193 g/mol. The zero-order valence-corrected chi connectivity index (χ0v) is 7.08. The molecule has 2 aromatic rings. The second-order valence-electron chi connectivity index (χ2n) is 2.46. The second kappa shape index (κ2) is 3.64. The molecular weight excluding hydrogens is 186 g/mol. The van der Waals surface area contributed by atoms with Gasteiger partial charge in [-0.25, -0.2) is 9.78 Å². The summed E-state index contributed by atoms with van der Waals surface area (Å²) in [5.74, 6) is 0.429. The van der Waals surface area contributed by atoms with E-state index in [1.54, 1.807) is 6.20 Å². The predicted molar refractivity (Wildman–Crippen MR) is 44.0 cm³/mol. The lowest BCUT2D eigenvalue weighted by molar-refractivity contribution is 0.241. The van der Waals surface area contributed by atoms with Crippen LogP contribution in [-0.4, -0.2) is 36.2 Å². The number of hydrogen-bond acceptors (Lipinski definition) is 5. The standard InChI is InChI=1S/C6H7N7O/c14-6(13-2-1-7-4-13)8-3-5-9-11-12-10-5/h1-2,4H,3H2,(H,8,14)(H,9,10,11,12). The molecule has 0 saturated heterocycles. The molecule has 2 N–H and O–H groups in total. The average molecular weight is 193 g/mol. The smallest absolute Gasteiger partial charge is 0.327 e. The summed E-state index contributed by atoms with van der Waals surface area (Å²) >= 11 is 0. The molecule has 0 aliphatic heterocycles. The Hall–Kier alpha value is -2.25. The van der Waals surface area contributed by atoms with Gasteiger partial charge in [0, 0.05) is 12.4 Å². The molecular formula is C6H7N7O. The van der Waals surface area contributed by atoms with E-state index in [0.29, 0.717) is 5.82 Å². The lowest BCUT2D eigenvalue weighted by Gasteiger charge is -2.00. The van der Waals surface area contributed by atoms with Gasteiger partial charge < -0.3 is 5.32 Å². The number of amides is 1. The van der Waals surface area contributed by atoms with Gasteiger partial charge in [0.15, 0.2) is 5.82 Å². The van der Waals surface area contributed by atoms with E-state index in [4.69, 9.17) is 0 Å². The molecule has 0 aliphatic rings. The molecule has 1 amide bonds. The third kappa shape index (κ3) is 1.73. The number of aromatic nitrogens is 6. The van der Waals surface area contributed by atoms with E-state index in [1.165, 1.54) is 17.1 Å². The maximum absolute atomic E-state index is 11.3. The van der Waals surface area contributed by atoms with Crippen LogP contribution < -0.4 is 5.32 Å². The molecule has 72 valence electrons.